The maximum absolute atomic E-state index is 13.9. The second kappa shape index (κ2) is 14.6. The van der Waals surface area contributed by atoms with Crippen molar-refractivity contribution in [1.82, 2.24) is 19.9 Å². The fourth-order valence-electron chi connectivity index (χ4n) is 4.99. The van der Waals surface area contributed by atoms with Gasteiger partial charge in [0.25, 0.3) is 6.47 Å². The van der Waals surface area contributed by atoms with Gasteiger partial charge in [-0.05, 0) is 62.9 Å². The molecule has 3 aromatic heterocycles. The number of hydrogen-bond acceptors (Lipinski definition) is 7. The van der Waals surface area contributed by atoms with Crippen molar-refractivity contribution >= 4 is 40.8 Å². The largest absolute Gasteiger partial charge is 0.483 e. The highest BCUT2D eigenvalue weighted by Crippen LogP contribution is 2.33. The first-order valence-electron chi connectivity index (χ1n) is 13.8. The molecule has 0 unspecified atom stereocenters. The Hall–Kier alpha value is -4.22. The molecule has 0 bridgehead atoms. The average Bonchev–Trinajstić information content (AvgIpc) is 3.44. The van der Waals surface area contributed by atoms with Crippen LogP contribution in [0, 0.1) is 5.82 Å². The maximum Gasteiger partial charge on any atom is 0.290 e. The molecule has 0 amide bonds. The Balaban J connectivity index is 0.00000129. The number of carboxylic acid groups (broad SMARTS) is 1. The summed E-state index contributed by atoms with van der Waals surface area (Å²) in [5, 5.41) is 19.2. The Kier molecular flexibility index (Phi) is 10.7. The van der Waals surface area contributed by atoms with Gasteiger partial charge in [-0.3, -0.25) is 4.79 Å². The van der Waals surface area contributed by atoms with E-state index >= 15 is 0 Å². The Morgan fingerprint density at radius 3 is 2.60 bits per heavy atom. The second-order valence-electron chi connectivity index (χ2n) is 9.93. The van der Waals surface area contributed by atoms with Gasteiger partial charge in [-0.25, -0.2) is 18.9 Å². The van der Waals surface area contributed by atoms with E-state index in [9.17, 15) is 4.39 Å². The highest BCUT2D eigenvalue weighted by molar-refractivity contribution is 6.33. The Morgan fingerprint density at radius 1 is 1.19 bits per heavy atom. The van der Waals surface area contributed by atoms with Crippen LogP contribution in [-0.2, 0) is 4.79 Å². The van der Waals surface area contributed by atoms with Crippen LogP contribution in [0.2, 0.25) is 5.02 Å². The number of pyridine rings is 1. The van der Waals surface area contributed by atoms with Crippen LogP contribution in [-0.4, -0.2) is 57.8 Å². The fraction of sp³-hybridized carbons (Fsp3) is 0.333. The van der Waals surface area contributed by atoms with Crippen LogP contribution in [0.3, 0.4) is 0 Å². The third kappa shape index (κ3) is 7.54. The molecule has 0 aliphatic heterocycles. The Labute approximate surface area is 248 Å². The third-order valence-electron chi connectivity index (χ3n) is 7.10. The number of hydrogen-bond donors (Lipinski definition) is 4. The number of methoxy groups -OCH3 is 1. The first-order valence-corrected chi connectivity index (χ1v) is 14.1. The van der Waals surface area contributed by atoms with Crippen LogP contribution in [0.5, 0.6) is 5.88 Å². The van der Waals surface area contributed by atoms with E-state index in [4.69, 9.17) is 32.0 Å². The summed E-state index contributed by atoms with van der Waals surface area (Å²) >= 11 is 6.28. The SMILES string of the molecule is CCCNC1CCC(Nc2c(C(N)=Nc3cc(F)ccc3Cl)cnn3cc(-c4ccc(OC)nc4)cc23)CC1.O=CO. The molecule has 1 aliphatic rings. The lowest BCUT2D eigenvalue weighted by atomic mass is 9.90. The lowest BCUT2D eigenvalue weighted by molar-refractivity contribution is -0.122. The fourth-order valence-corrected chi connectivity index (χ4v) is 5.15. The normalized spacial score (nSPS) is 16.9. The molecule has 10 nitrogen and oxygen atoms in total. The van der Waals surface area contributed by atoms with E-state index < -0.39 is 5.82 Å². The molecule has 1 saturated carbocycles. The summed E-state index contributed by atoms with van der Waals surface area (Å²) in [5.74, 6) is 0.317. The highest BCUT2D eigenvalue weighted by Gasteiger charge is 2.23. The number of nitrogens with two attached hydrogens (primary N) is 1. The monoisotopic (exact) mass is 595 g/mol. The number of anilines is 1. The van der Waals surface area contributed by atoms with Crippen molar-refractivity contribution in [1.29, 1.82) is 0 Å². The van der Waals surface area contributed by atoms with Gasteiger partial charge in [0.05, 0.1) is 40.8 Å². The minimum atomic E-state index is -0.435. The summed E-state index contributed by atoms with van der Waals surface area (Å²) in [6.45, 7) is 2.98. The zero-order valence-electron chi connectivity index (χ0n) is 23.6. The van der Waals surface area contributed by atoms with Crippen LogP contribution in [0.25, 0.3) is 16.6 Å². The van der Waals surface area contributed by atoms with E-state index in [1.165, 1.54) is 18.2 Å². The molecule has 0 saturated heterocycles. The quantitative estimate of drug-likeness (QED) is 0.110. The Bertz CT molecular complexity index is 1520. The number of benzene rings is 1. The molecule has 1 aromatic carbocycles. The van der Waals surface area contributed by atoms with Gasteiger partial charge in [0.2, 0.25) is 5.88 Å². The molecule has 0 spiro atoms. The summed E-state index contributed by atoms with van der Waals surface area (Å²) in [7, 11) is 1.59. The van der Waals surface area contributed by atoms with Gasteiger partial charge in [-0.2, -0.15) is 5.10 Å². The van der Waals surface area contributed by atoms with Crippen molar-refractivity contribution < 1.29 is 19.0 Å². The van der Waals surface area contributed by atoms with Gasteiger partial charge in [0.1, 0.15) is 11.7 Å². The summed E-state index contributed by atoms with van der Waals surface area (Å²) in [5.41, 5.74) is 11.0. The molecule has 5 N–H and O–H groups in total. The van der Waals surface area contributed by atoms with Crippen LogP contribution in [0.1, 0.15) is 44.6 Å². The average molecular weight is 596 g/mol. The molecular weight excluding hydrogens is 561 g/mol. The van der Waals surface area contributed by atoms with Crippen LogP contribution in [0.4, 0.5) is 15.8 Å². The molecule has 5 rings (SSSR count). The van der Waals surface area contributed by atoms with Crippen LogP contribution < -0.4 is 21.1 Å². The molecule has 4 aromatic rings. The number of halogens is 2. The number of ether oxygens (including phenoxy) is 1. The number of nitrogens with zero attached hydrogens (tertiary/aromatic N) is 4. The highest BCUT2D eigenvalue weighted by atomic mass is 35.5. The summed E-state index contributed by atoms with van der Waals surface area (Å²) in [4.78, 5) is 17.2. The van der Waals surface area contributed by atoms with Crippen molar-refractivity contribution in [3.05, 3.63) is 71.4 Å². The smallest absolute Gasteiger partial charge is 0.290 e. The summed E-state index contributed by atoms with van der Waals surface area (Å²) < 4.78 is 20.9. The van der Waals surface area contributed by atoms with E-state index in [0.29, 0.717) is 22.5 Å². The van der Waals surface area contributed by atoms with Gasteiger partial charge >= 0.3 is 0 Å². The van der Waals surface area contributed by atoms with Crippen LogP contribution in [0.15, 0.2) is 60.0 Å². The molecule has 42 heavy (non-hydrogen) atoms. The van der Waals surface area contributed by atoms with E-state index in [1.807, 2.05) is 22.8 Å². The Morgan fingerprint density at radius 2 is 1.93 bits per heavy atom. The van der Waals surface area contributed by atoms with Crippen molar-refractivity contribution in [3.8, 4) is 17.0 Å². The number of carbonyl (C=O) groups is 1. The van der Waals surface area contributed by atoms with Gasteiger partial charge in [0.15, 0.2) is 0 Å². The first-order chi connectivity index (χ1) is 20.4. The zero-order valence-corrected chi connectivity index (χ0v) is 24.3. The number of amidine groups is 1. The van der Waals surface area contributed by atoms with Gasteiger partial charge in [-0.15, -0.1) is 0 Å². The minimum absolute atomic E-state index is 0.201. The van der Waals surface area contributed by atoms with Crippen molar-refractivity contribution in [2.45, 2.75) is 51.1 Å². The van der Waals surface area contributed by atoms with Crippen molar-refractivity contribution in [2.75, 3.05) is 19.0 Å². The molecule has 0 radical (unpaired) electrons. The summed E-state index contributed by atoms with van der Waals surface area (Å²) in [6, 6.07) is 10.7. The standard InChI is InChI=1S/C29H33ClFN7O.CH2O2/c1-3-12-33-21-6-8-22(9-7-21)36-28-23(29(32)37-25-14-20(31)5-10-24(25)30)16-35-38-17-19(13-26(28)38)18-4-11-27(39-2)34-15-18;2-1-3/h4-5,10-11,13-17,21-22,33,36H,3,6-9,12H2,1-2H3,(H2,32,37);1H,(H,2,3). The lowest BCUT2D eigenvalue weighted by Gasteiger charge is -2.31. The molecule has 12 heteroatoms. The van der Waals surface area contributed by atoms with E-state index in [0.717, 1.165) is 61.0 Å². The maximum atomic E-state index is 13.9. The number of fused-ring (bicyclic) bond motifs is 1. The topological polar surface area (TPSA) is 139 Å². The number of aliphatic imine (C=N–C) groups is 1. The first kappa shape index (κ1) is 30.7. The zero-order chi connectivity index (χ0) is 30.1. The predicted octanol–water partition coefficient (Wildman–Crippen LogP) is 5.66. The molecule has 3 heterocycles. The van der Waals surface area contributed by atoms with E-state index in [1.54, 1.807) is 19.5 Å². The second-order valence-corrected chi connectivity index (χ2v) is 10.3. The molecule has 222 valence electrons. The van der Waals surface area contributed by atoms with E-state index in [-0.39, 0.29) is 24.0 Å². The van der Waals surface area contributed by atoms with Crippen LogP contribution >= 0.6 is 11.6 Å². The third-order valence-corrected chi connectivity index (χ3v) is 7.42. The molecule has 1 aliphatic carbocycles. The van der Waals surface area contributed by atoms with Gasteiger partial charge in [-0.1, -0.05) is 18.5 Å². The minimum Gasteiger partial charge on any atom is -0.483 e. The predicted molar refractivity (Wildman–Crippen MR) is 163 cm³/mol. The van der Waals surface area contributed by atoms with Crippen molar-refractivity contribution in [3.63, 3.8) is 0 Å². The number of rotatable bonds is 9. The molecule has 0 atom stereocenters. The van der Waals surface area contributed by atoms with E-state index in [2.05, 4.69) is 38.7 Å². The van der Waals surface area contributed by atoms with Gasteiger partial charge < -0.3 is 26.2 Å². The number of aromatic nitrogens is 3. The molecule has 1 fully saturated rings. The van der Waals surface area contributed by atoms with Gasteiger partial charge in [0, 0.05) is 47.7 Å². The lowest BCUT2D eigenvalue weighted by Crippen LogP contribution is -2.37. The van der Waals surface area contributed by atoms with Crippen molar-refractivity contribution in [2.24, 2.45) is 10.7 Å². The molecular formula is C30H35ClFN7O3. The number of nitrogens with one attached hydrogen (secondary N) is 2. The summed E-state index contributed by atoms with van der Waals surface area (Å²) in [6.07, 6.45) is 10.8.